The van der Waals surface area contributed by atoms with E-state index in [9.17, 15) is 0 Å². The first-order chi connectivity index (χ1) is 9.80. The lowest BCUT2D eigenvalue weighted by Gasteiger charge is -2.07. The van der Waals surface area contributed by atoms with Gasteiger partial charge in [-0.3, -0.25) is 0 Å². The van der Waals surface area contributed by atoms with E-state index in [2.05, 4.69) is 48.5 Å². The van der Waals surface area contributed by atoms with E-state index in [-0.39, 0.29) is 13.2 Å². The number of aliphatic hydroxyl groups excluding tert-OH is 2. The van der Waals surface area contributed by atoms with Crippen LogP contribution >= 0.6 is 0 Å². The van der Waals surface area contributed by atoms with Gasteiger partial charge in [0.05, 0.1) is 0 Å². The number of rotatable bonds is 4. The average molecular weight is 266 g/mol. The Balaban J connectivity index is 2.14. The highest BCUT2D eigenvalue weighted by atomic mass is 16.3. The van der Waals surface area contributed by atoms with E-state index >= 15 is 0 Å². The zero-order valence-electron chi connectivity index (χ0n) is 11.3. The second kappa shape index (κ2) is 5.61. The third-order valence-electron chi connectivity index (χ3n) is 3.73. The van der Waals surface area contributed by atoms with Crippen LogP contribution in [0.4, 0.5) is 0 Å². The van der Waals surface area contributed by atoms with Crippen LogP contribution in [0.2, 0.25) is 0 Å². The van der Waals surface area contributed by atoms with Crippen molar-refractivity contribution in [1.82, 2.24) is 0 Å². The van der Waals surface area contributed by atoms with Gasteiger partial charge in [0.15, 0.2) is 0 Å². The lowest BCUT2D eigenvalue weighted by molar-refractivity contribution is 0.299. The predicted octanol–water partition coefficient (Wildman–Crippen LogP) is 3.06. The molecule has 0 aromatic heterocycles. The smallest absolute Gasteiger partial charge is 0.0471 e. The first kappa shape index (κ1) is 13.1. The minimum absolute atomic E-state index is 0.180. The molecule has 0 bridgehead atoms. The zero-order valence-corrected chi connectivity index (χ0v) is 11.3. The molecule has 0 aliphatic rings. The molecule has 0 heterocycles. The van der Waals surface area contributed by atoms with Crippen molar-refractivity contribution in [1.29, 1.82) is 0 Å². The van der Waals surface area contributed by atoms with E-state index in [1.165, 1.54) is 21.5 Å². The number of aliphatic hydroxyl groups is 2. The summed E-state index contributed by atoms with van der Waals surface area (Å²) in [6, 6.07) is 17.0. The van der Waals surface area contributed by atoms with Crippen molar-refractivity contribution < 1.29 is 10.2 Å². The Morgan fingerprint density at radius 2 is 1.00 bits per heavy atom. The Morgan fingerprint density at radius 1 is 0.550 bits per heavy atom. The van der Waals surface area contributed by atoms with Gasteiger partial charge in [-0.2, -0.15) is 0 Å². The van der Waals surface area contributed by atoms with Gasteiger partial charge in [0.2, 0.25) is 0 Å². The summed E-state index contributed by atoms with van der Waals surface area (Å²) in [4.78, 5) is 0. The van der Waals surface area contributed by atoms with Gasteiger partial charge in [-0.05, 0) is 57.6 Å². The highest BCUT2D eigenvalue weighted by Crippen LogP contribution is 2.25. The van der Waals surface area contributed by atoms with Crippen LogP contribution in [0.3, 0.4) is 0 Å². The molecular weight excluding hydrogens is 248 g/mol. The van der Waals surface area contributed by atoms with E-state index in [0.29, 0.717) is 12.8 Å². The van der Waals surface area contributed by atoms with Crippen molar-refractivity contribution in [3.8, 4) is 0 Å². The summed E-state index contributed by atoms with van der Waals surface area (Å²) in [7, 11) is 0. The topological polar surface area (TPSA) is 40.5 Å². The van der Waals surface area contributed by atoms with Gasteiger partial charge in [-0.1, -0.05) is 36.4 Å². The summed E-state index contributed by atoms with van der Waals surface area (Å²) in [5.41, 5.74) is 2.32. The molecule has 0 aliphatic heterocycles. The van der Waals surface area contributed by atoms with Crippen LogP contribution in [-0.2, 0) is 12.8 Å². The molecule has 0 fully saturated rings. The lowest BCUT2D eigenvalue weighted by Crippen LogP contribution is -1.91. The summed E-state index contributed by atoms with van der Waals surface area (Å²) < 4.78 is 0. The maximum Gasteiger partial charge on any atom is 0.0471 e. The fraction of sp³-hybridized carbons (Fsp3) is 0.222. The Kier molecular flexibility index (Phi) is 3.68. The van der Waals surface area contributed by atoms with Crippen LogP contribution in [0, 0.1) is 0 Å². The molecule has 3 rings (SSSR count). The standard InChI is InChI=1S/C18H18O2/c19-7-5-13-1-3-15-11-16-4-2-14(6-8-20)10-18(16)12-17(15)9-13/h1-4,9-12,19-20H,5-8H2. The van der Waals surface area contributed by atoms with E-state index in [4.69, 9.17) is 10.2 Å². The molecule has 0 amide bonds. The SMILES string of the molecule is OCCc1ccc2cc3ccc(CCO)cc3cc2c1. The van der Waals surface area contributed by atoms with Crippen molar-refractivity contribution in [2.45, 2.75) is 12.8 Å². The Hall–Kier alpha value is -1.90. The van der Waals surface area contributed by atoms with Crippen LogP contribution in [0.15, 0.2) is 48.5 Å². The minimum Gasteiger partial charge on any atom is -0.396 e. The average Bonchev–Trinajstić information content (AvgIpc) is 2.46. The van der Waals surface area contributed by atoms with Gasteiger partial charge in [-0.15, -0.1) is 0 Å². The van der Waals surface area contributed by atoms with Crippen LogP contribution < -0.4 is 0 Å². The maximum atomic E-state index is 9.04. The van der Waals surface area contributed by atoms with E-state index in [0.717, 1.165) is 11.1 Å². The Morgan fingerprint density at radius 3 is 1.45 bits per heavy atom. The number of hydrogen-bond donors (Lipinski definition) is 2. The van der Waals surface area contributed by atoms with Gasteiger partial charge in [0.1, 0.15) is 0 Å². The second-order valence-corrected chi connectivity index (χ2v) is 5.16. The molecular formula is C18H18O2. The van der Waals surface area contributed by atoms with Gasteiger partial charge in [0, 0.05) is 13.2 Å². The largest absolute Gasteiger partial charge is 0.396 e. The molecule has 0 unspecified atom stereocenters. The van der Waals surface area contributed by atoms with Crippen LogP contribution in [0.25, 0.3) is 21.5 Å². The highest BCUT2D eigenvalue weighted by molar-refractivity contribution is 5.98. The van der Waals surface area contributed by atoms with Crippen LogP contribution in [0.5, 0.6) is 0 Å². The van der Waals surface area contributed by atoms with Crippen LogP contribution in [0.1, 0.15) is 11.1 Å². The van der Waals surface area contributed by atoms with E-state index in [1.807, 2.05) is 0 Å². The molecule has 0 radical (unpaired) electrons. The predicted molar refractivity (Wildman–Crippen MR) is 83.0 cm³/mol. The zero-order chi connectivity index (χ0) is 13.9. The summed E-state index contributed by atoms with van der Waals surface area (Å²) in [5.74, 6) is 0. The van der Waals surface area contributed by atoms with Gasteiger partial charge in [-0.25, -0.2) is 0 Å². The molecule has 0 saturated heterocycles. The monoisotopic (exact) mass is 266 g/mol. The van der Waals surface area contributed by atoms with Crippen molar-refractivity contribution in [2.75, 3.05) is 13.2 Å². The summed E-state index contributed by atoms with van der Waals surface area (Å²) >= 11 is 0. The quantitative estimate of drug-likeness (QED) is 0.712. The summed E-state index contributed by atoms with van der Waals surface area (Å²) in [5, 5.41) is 22.9. The minimum atomic E-state index is 0.180. The molecule has 20 heavy (non-hydrogen) atoms. The third kappa shape index (κ3) is 2.53. The van der Waals surface area contributed by atoms with Crippen molar-refractivity contribution in [3.05, 3.63) is 59.7 Å². The molecule has 0 saturated carbocycles. The molecule has 0 atom stereocenters. The molecule has 2 nitrogen and oxygen atoms in total. The van der Waals surface area contributed by atoms with Gasteiger partial charge in [0.25, 0.3) is 0 Å². The fourth-order valence-electron chi connectivity index (χ4n) is 2.67. The number of fused-ring (bicyclic) bond motifs is 2. The van der Waals surface area contributed by atoms with Gasteiger partial charge < -0.3 is 10.2 Å². The molecule has 3 aromatic carbocycles. The first-order valence-corrected chi connectivity index (χ1v) is 6.97. The van der Waals surface area contributed by atoms with E-state index < -0.39 is 0 Å². The summed E-state index contributed by atoms with van der Waals surface area (Å²) in [6.07, 6.45) is 1.39. The Bertz CT molecular complexity index is 686. The highest BCUT2D eigenvalue weighted by Gasteiger charge is 2.01. The Labute approximate surface area is 118 Å². The third-order valence-corrected chi connectivity index (χ3v) is 3.73. The molecule has 3 aromatic rings. The second-order valence-electron chi connectivity index (χ2n) is 5.16. The lowest BCUT2D eigenvalue weighted by atomic mass is 9.99. The molecule has 0 aliphatic carbocycles. The number of hydrogen-bond acceptors (Lipinski definition) is 2. The van der Waals surface area contributed by atoms with Crippen molar-refractivity contribution >= 4 is 21.5 Å². The molecule has 2 heteroatoms. The molecule has 102 valence electrons. The first-order valence-electron chi connectivity index (χ1n) is 6.97. The normalized spacial score (nSPS) is 11.3. The van der Waals surface area contributed by atoms with Crippen molar-refractivity contribution in [3.63, 3.8) is 0 Å². The number of benzene rings is 3. The summed E-state index contributed by atoms with van der Waals surface area (Å²) in [6.45, 7) is 0.361. The fourth-order valence-corrected chi connectivity index (χ4v) is 2.67. The van der Waals surface area contributed by atoms with Gasteiger partial charge >= 0.3 is 0 Å². The maximum absolute atomic E-state index is 9.04. The molecule has 0 spiro atoms. The van der Waals surface area contributed by atoms with Crippen LogP contribution in [-0.4, -0.2) is 23.4 Å². The van der Waals surface area contributed by atoms with Crippen molar-refractivity contribution in [2.24, 2.45) is 0 Å². The molecule has 2 N–H and O–H groups in total. The van der Waals surface area contributed by atoms with E-state index in [1.54, 1.807) is 0 Å².